The van der Waals surface area contributed by atoms with Crippen LogP contribution in [0.4, 0.5) is 10.3 Å². The summed E-state index contributed by atoms with van der Waals surface area (Å²) in [4.78, 5) is 22.8. The fraction of sp³-hybridized carbons (Fsp3) is 0.115. The molecule has 3 heterocycles. The smallest absolute Gasteiger partial charge is 0.203 e. The molecule has 5 aromatic rings. The van der Waals surface area contributed by atoms with Gasteiger partial charge in [0.2, 0.25) is 6.23 Å². The van der Waals surface area contributed by atoms with E-state index in [1.54, 1.807) is 18.3 Å². The lowest BCUT2D eigenvalue weighted by Crippen LogP contribution is -2.37. The summed E-state index contributed by atoms with van der Waals surface area (Å²) in [6.07, 6.45) is 0.876. The molecule has 1 aliphatic rings. The molecule has 0 radical (unpaired) electrons. The number of rotatable bonds is 4. The molecule has 6 nitrogen and oxygen atoms in total. The van der Waals surface area contributed by atoms with E-state index < -0.39 is 6.23 Å². The summed E-state index contributed by atoms with van der Waals surface area (Å²) in [6.45, 7) is 3.97. The van der Waals surface area contributed by atoms with Crippen LogP contribution in [0.2, 0.25) is 10.0 Å². The first-order chi connectivity index (χ1) is 17.4. The second-order valence-electron chi connectivity index (χ2n) is 8.36. The number of carbonyl (C=O) groups excluding carboxylic acids is 1. The first kappa shape index (κ1) is 23.2. The number of aryl methyl sites for hydroxylation is 2. The molecule has 2 aromatic heterocycles. The third-order valence-corrected chi connectivity index (χ3v) is 8.49. The monoisotopic (exact) mass is 552 g/mol. The number of ketones is 1. The number of Topliss-reactive ketones (excluding diaryl/α,β-unsaturated/α-hetero) is 1. The van der Waals surface area contributed by atoms with Crippen molar-refractivity contribution in [2.45, 2.75) is 20.1 Å². The van der Waals surface area contributed by atoms with Crippen LogP contribution in [0.1, 0.15) is 21.5 Å². The van der Waals surface area contributed by atoms with Crippen molar-refractivity contribution in [1.82, 2.24) is 9.97 Å². The zero-order valence-electron chi connectivity index (χ0n) is 19.1. The van der Waals surface area contributed by atoms with Crippen LogP contribution < -0.4 is 15.4 Å². The highest BCUT2D eigenvalue weighted by atomic mass is 35.5. The van der Waals surface area contributed by atoms with Gasteiger partial charge < -0.3 is 15.4 Å². The van der Waals surface area contributed by atoms with Gasteiger partial charge >= 0.3 is 0 Å². The molecule has 1 aliphatic heterocycles. The number of carbonyl (C=O) groups is 1. The molecule has 2 N–H and O–H groups in total. The zero-order valence-corrected chi connectivity index (χ0v) is 22.2. The second-order valence-corrected chi connectivity index (χ2v) is 11.2. The summed E-state index contributed by atoms with van der Waals surface area (Å²) in [5.41, 5.74) is 4.41. The molecule has 0 aliphatic carbocycles. The largest absolute Gasteiger partial charge is 0.465 e. The Labute approximate surface area is 224 Å². The molecule has 3 aromatic carbocycles. The van der Waals surface area contributed by atoms with E-state index in [0.717, 1.165) is 20.5 Å². The minimum absolute atomic E-state index is 0.136. The fourth-order valence-electron chi connectivity index (χ4n) is 3.98. The number of halogens is 2. The maximum absolute atomic E-state index is 13.7. The van der Waals surface area contributed by atoms with Crippen LogP contribution in [-0.2, 0) is 0 Å². The number of anilines is 2. The number of ether oxygens (including phenoxy) is 1. The summed E-state index contributed by atoms with van der Waals surface area (Å²) in [5, 5.41) is 8.83. The van der Waals surface area contributed by atoms with E-state index in [1.165, 1.54) is 22.7 Å². The van der Waals surface area contributed by atoms with Gasteiger partial charge in [0, 0.05) is 6.20 Å². The number of aromatic nitrogens is 2. The standard InChI is InChI=1S/C26H18Cl2N4O2S2/c1-12-9-14-18(10-13(12)2)34-24(32-26-31-22-17(28)6-4-8-20(22)36-26)15(23(14)33)11-29-25-30-21-16(27)5-3-7-19(21)35-25/h3-11,24H,1-2H3,(H,29,30)(H,31,32)/b15-11-/t24-/m1/s1. The topological polar surface area (TPSA) is 76.1 Å². The van der Waals surface area contributed by atoms with E-state index in [-0.39, 0.29) is 5.78 Å². The Bertz CT molecular complexity index is 1710. The van der Waals surface area contributed by atoms with Gasteiger partial charge in [-0.3, -0.25) is 4.79 Å². The van der Waals surface area contributed by atoms with Crippen LogP contribution in [0.3, 0.4) is 0 Å². The van der Waals surface area contributed by atoms with Crippen molar-refractivity contribution in [3.63, 3.8) is 0 Å². The van der Waals surface area contributed by atoms with Gasteiger partial charge in [-0.25, -0.2) is 9.97 Å². The molecular formula is C26H18Cl2N4O2S2. The molecule has 0 amide bonds. The highest BCUT2D eigenvalue weighted by molar-refractivity contribution is 7.22. The van der Waals surface area contributed by atoms with Crippen molar-refractivity contribution < 1.29 is 9.53 Å². The molecule has 0 unspecified atom stereocenters. The Balaban J connectivity index is 1.39. The van der Waals surface area contributed by atoms with Gasteiger partial charge in [0.05, 0.1) is 30.6 Å². The van der Waals surface area contributed by atoms with Crippen molar-refractivity contribution in [3.8, 4) is 5.75 Å². The predicted molar refractivity (Wildman–Crippen MR) is 149 cm³/mol. The van der Waals surface area contributed by atoms with Gasteiger partial charge in [0.1, 0.15) is 16.8 Å². The molecule has 0 spiro atoms. The summed E-state index contributed by atoms with van der Waals surface area (Å²) in [6, 6.07) is 15.0. The van der Waals surface area contributed by atoms with Crippen LogP contribution in [0.5, 0.6) is 5.75 Å². The average Bonchev–Trinajstić information content (AvgIpc) is 3.46. The number of benzene rings is 3. The molecule has 6 rings (SSSR count). The van der Waals surface area contributed by atoms with E-state index in [1.807, 2.05) is 50.2 Å². The molecule has 36 heavy (non-hydrogen) atoms. The van der Waals surface area contributed by atoms with Gasteiger partial charge in [-0.05, 0) is 61.4 Å². The zero-order chi connectivity index (χ0) is 25.0. The molecule has 0 saturated heterocycles. The van der Waals surface area contributed by atoms with Gasteiger partial charge in [-0.1, -0.05) is 58.0 Å². The number of hydrogen-bond donors (Lipinski definition) is 2. The van der Waals surface area contributed by atoms with Gasteiger partial charge in [0.25, 0.3) is 0 Å². The number of hydrogen-bond acceptors (Lipinski definition) is 8. The minimum atomic E-state index is -0.767. The molecule has 0 bridgehead atoms. The lowest BCUT2D eigenvalue weighted by molar-refractivity contribution is 0.0973. The summed E-state index contributed by atoms with van der Waals surface area (Å²) in [7, 11) is 0. The average molecular weight is 553 g/mol. The Hall–Kier alpha value is -3.17. The SMILES string of the molecule is Cc1cc2c(cc1C)C(=O)/C(=C/Nc1nc3c(Cl)cccc3s1)[C@H](Nc1nc3c(Cl)cccc3s1)O2. The normalized spacial score (nSPS) is 16.4. The molecule has 0 saturated carbocycles. The fourth-order valence-corrected chi connectivity index (χ4v) is 6.30. The number of nitrogens with one attached hydrogen (secondary N) is 2. The molecular weight excluding hydrogens is 535 g/mol. The molecule has 1 atom stereocenters. The Kier molecular flexibility index (Phi) is 5.84. The molecule has 10 heteroatoms. The summed E-state index contributed by atoms with van der Waals surface area (Å²) in [5.74, 6) is 0.395. The number of nitrogens with zero attached hydrogens (tertiary/aromatic N) is 2. The van der Waals surface area contributed by atoms with Crippen LogP contribution in [0.25, 0.3) is 20.4 Å². The van der Waals surface area contributed by atoms with Crippen molar-refractivity contribution in [1.29, 1.82) is 0 Å². The Morgan fingerprint density at radius 3 is 2.19 bits per heavy atom. The van der Waals surface area contributed by atoms with E-state index in [2.05, 4.69) is 20.6 Å². The maximum atomic E-state index is 13.7. The van der Waals surface area contributed by atoms with Crippen molar-refractivity contribution in [2.24, 2.45) is 0 Å². The van der Waals surface area contributed by atoms with E-state index in [0.29, 0.717) is 48.2 Å². The maximum Gasteiger partial charge on any atom is 0.203 e. The Morgan fingerprint density at radius 1 is 0.917 bits per heavy atom. The quantitative estimate of drug-likeness (QED) is 0.221. The number of thiazole rings is 2. The van der Waals surface area contributed by atoms with Crippen LogP contribution >= 0.6 is 45.9 Å². The lowest BCUT2D eigenvalue weighted by Gasteiger charge is -2.28. The van der Waals surface area contributed by atoms with Crippen molar-refractivity contribution in [3.05, 3.63) is 87.0 Å². The van der Waals surface area contributed by atoms with Crippen LogP contribution in [0.15, 0.2) is 60.3 Å². The molecule has 0 fully saturated rings. The van der Waals surface area contributed by atoms with E-state index >= 15 is 0 Å². The summed E-state index contributed by atoms with van der Waals surface area (Å²) < 4.78 is 8.19. The number of para-hydroxylation sites is 2. The van der Waals surface area contributed by atoms with Crippen LogP contribution in [0, 0.1) is 13.8 Å². The minimum Gasteiger partial charge on any atom is -0.465 e. The van der Waals surface area contributed by atoms with Gasteiger partial charge in [-0.15, -0.1) is 0 Å². The van der Waals surface area contributed by atoms with E-state index in [4.69, 9.17) is 27.9 Å². The highest BCUT2D eigenvalue weighted by Crippen LogP contribution is 2.37. The number of fused-ring (bicyclic) bond motifs is 3. The van der Waals surface area contributed by atoms with E-state index in [9.17, 15) is 4.79 Å². The van der Waals surface area contributed by atoms with Gasteiger partial charge in [-0.2, -0.15) is 0 Å². The Morgan fingerprint density at radius 2 is 1.53 bits per heavy atom. The first-order valence-corrected chi connectivity index (χ1v) is 13.4. The highest BCUT2D eigenvalue weighted by Gasteiger charge is 2.33. The van der Waals surface area contributed by atoms with Crippen molar-refractivity contribution in [2.75, 3.05) is 10.6 Å². The lowest BCUT2D eigenvalue weighted by atomic mass is 9.95. The van der Waals surface area contributed by atoms with Crippen molar-refractivity contribution >= 4 is 82.4 Å². The van der Waals surface area contributed by atoms with Gasteiger partial charge in [0.15, 0.2) is 16.0 Å². The first-order valence-electron chi connectivity index (χ1n) is 11.0. The third kappa shape index (κ3) is 4.10. The third-order valence-electron chi connectivity index (χ3n) is 5.98. The summed E-state index contributed by atoms with van der Waals surface area (Å²) >= 11 is 15.5. The van der Waals surface area contributed by atoms with Crippen LogP contribution in [-0.4, -0.2) is 22.0 Å². The predicted octanol–water partition coefficient (Wildman–Crippen LogP) is 7.84. The molecule has 180 valence electrons. The second kappa shape index (κ2) is 9.05.